The van der Waals surface area contributed by atoms with Crippen molar-refractivity contribution in [2.24, 2.45) is 0 Å². The Morgan fingerprint density at radius 3 is 2.59 bits per heavy atom. The maximum atomic E-state index is 11.8. The third kappa shape index (κ3) is 3.19. The van der Waals surface area contributed by atoms with Gasteiger partial charge in [-0.2, -0.15) is 5.10 Å². The summed E-state index contributed by atoms with van der Waals surface area (Å²) >= 11 is 0. The van der Waals surface area contributed by atoms with Crippen molar-refractivity contribution in [3.05, 3.63) is 30.1 Å². The lowest BCUT2D eigenvalue weighted by molar-refractivity contribution is 0.0416. The Balaban J connectivity index is 2.94. The van der Waals surface area contributed by atoms with Gasteiger partial charge < -0.3 is 4.74 Å². The highest BCUT2D eigenvalue weighted by atomic mass is 16.5. The molecule has 0 aliphatic rings. The van der Waals surface area contributed by atoms with Gasteiger partial charge in [0, 0.05) is 5.69 Å². The summed E-state index contributed by atoms with van der Waals surface area (Å²) in [5, 5.41) is 4.28. The Morgan fingerprint density at radius 2 is 2.18 bits per heavy atom. The molecule has 1 aromatic rings. The lowest BCUT2D eigenvalue weighted by Gasteiger charge is -2.21. The number of nitrogens with zero attached hydrogens (tertiary/aromatic N) is 2. The molecule has 1 rings (SSSR count). The Bertz CT molecular complexity index is 427. The lowest BCUT2D eigenvalue weighted by Crippen LogP contribution is -2.25. The van der Waals surface area contributed by atoms with E-state index >= 15 is 0 Å². The van der Waals surface area contributed by atoms with Crippen molar-refractivity contribution < 1.29 is 9.53 Å². The fraction of sp³-hybridized carbons (Fsp3) is 0.538. The molecule has 17 heavy (non-hydrogen) atoms. The maximum Gasteiger partial charge on any atom is 0.359 e. The monoisotopic (exact) mass is 236 g/mol. The number of hydrogen-bond donors (Lipinski definition) is 0. The summed E-state index contributed by atoms with van der Waals surface area (Å²) in [5.41, 5.74) is 1.13. The molecule has 0 spiro atoms. The highest BCUT2D eigenvalue weighted by Gasteiger charge is 2.21. The summed E-state index contributed by atoms with van der Waals surface area (Å²) in [7, 11) is 0. The molecule has 1 heterocycles. The average Bonchev–Trinajstić information content (AvgIpc) is 2.59. The molecule has 1 atom stereocenters. The standard InChI is InChI=1S/C13H20N2O2/c1-7-10(3)17-12(16)11-8-9(2)15(14-11)13(4,5)6/h7-8,10H,1H2,2-6H3/t10-/m1/s1. The van der Waals surface area contributed by atoms with Crippen molar-refractivity contribution in [3.63, 3.8) is 0 Å². The van der Waals surface area contributed by atoms with Gasteiger partial charge in [0.05, 0.1) is 5.54 Å². The van der Waals surface area contributed by atoms with Crippen LogP contribution in [0.1, 0.15) is 43.9 Å². The van der Waals surface area contributed by atoms with Gasteiger partial charge >= 0.3 is 5.97 Å². The molecule has 4 heteroatoms. The second-order valence-electron chi connectivity index (χ2n) is 5.10. The van der Waals surface area contributed by atoms with Crippen LogP contribution >= 0.6 is 0 Å². The van der Waals surface area contributed by atoms with Gasteiger partial charge in [0.2, 0.25) is 0 Å². The van der Waals surface area contributed by atoms with E-state index in [-0.39, 0.29) is 11.6 Å². The van der Waals surface area contributed by atoms with E-state index in [1.165, 1.54) is 0 Å². The molecule has 1 aromatic heterocycles. The van der Waals surface area contributed by atoms with Crippen molar-refractivity contribution >= 4 is 5.97 Å². The van der Waals surface area contributed by atoms with Crippen LogP contribution in [-0.4, -0.2) is 21.9 Å². The molecule has 0 fully saturated rings. The number of rotatable bonds is 3. The third-order valence-electron chi connectivity index (χ3n) is 2.36. The van der Waals surface area contributed by atoms with E-state index in [0.717, 1.165) is 5.69 Å². The summed E-state index contributed by atoms with van der Waals surface area (Å²) in [5.74, 6) is -0.413. The van der Waals surface area contributed by atoms with Crippen LogP contribution in [-0.2, 0) is 10.3 Å². The highest BCUT2D eigenvalue weighted by Crippen LogP contribution is 2.17. The minimum atomic E-state index is -0.413. The molecule has 0 aromatic carbocycles. The molecule has 0 aliphatic carbocycles. The Labute approximate surface area is 102 Å². The summed E-state index contributed by atoms with van der Waals surface area (Å²) in [6.07, 6.45) is 1.27. The number of ether oxygens (including phenoxy) is 1. The molecule has 0 bridgehead atoms. The average molecular weight is 236 g/mol. The van der Waals surface area contributed by atoms with Crippen LogP contribution in [0.4, 0.5) is 0 Å². The minimum absolute atomic E-state index is 0.146. The van der Waals surface area contributed by atoms with Gasteiger partial charge in [-0.15, -0.1) is 0 Å². The van der Waals surface area contributed by atoms with Crippen molar-refractivity contribution in [2.75, 3.05) is 0 Å². The molecule has 0 radical (unpaired) electrons. The van der Waals surface area contributed by atoms with Gasteiger partial charge in [-0.05, 0) is 40.7 Å². The summed E-state index contributed by atoms with van der Waals surface area (Å²) in [6.45, 7) is 13.4. The van der Waals surface area contributed by atoms with Crippen LogP contribution in [0.25, 0.3) is 0 Å². The van der Waals surface area contributed by atoms with Crippen LogP contribution < -0.4 is 0 Å². The molecule has 0 saturated carbocycles. The smallest absolute Gasteiger partial charge is 0.359 e. The number of carbonyl (C=O) groups is 1. The fourth-order valence-electron chi connectivity index (χ4n) is 1.53. The first-order chi connectivity index (χ1) is 7.75. The first-order valence-electron chi connectivity index (χ1n) is 5.66. The largest absolute Gasteiger partial charge is 0.454 e. The maximum absolute atomic E-state index is 11.8. The van der Waals surface area contributed by atoms with E-state index in [2.05, 4.69) is 11.7 Å². The summed E-state index contributed by atoms with van der Waals surface area (Å²) in [6, 6.07) is 1.74. The van der Waals surface area contributed by atoms with E-state index < -0.39 is 5.97 Å². The van der Waals surface area contributed by atoms with Crippen LogP contribution in [0.15, 0.2) is 18.7 Å². The van der Waals surface area contributed by atoms with Crippen molar-refractivity contribution in [1.82, 2.24) is 9.78 Å². The molecule has 0 unspecified atom stereocenters. The van der Waals surface area contributed by atoms with Crippen LogP contribution in [0.2, 0.25) is 0 Å². The van der Waals surface area contributed by atoms with E-state index in [1.54, 1.807) is 19.1 Å². The normalized spacial score (nSPS) is 13.2. The quantitative estimate of drug-likeness (QED) is 0.598. The topological polar surface area (TPSA) is 44.1 Å². The number of hydrogen-bond acceptors (Lipinski definition) is 3. The molecule has 4 nitrogen and oxygen atoms in total. The van der Waals surface area contributed by atoms with Crippen molar-refractivity contribution in [2.45, 2.75) is 46.3 Å². The van der Waals surface area contributed by atoms with Gasteiger partial charge in [-0.3, -0.25) is 4.68 Å². The Hall–Kier alpha value is -1.58. The van der Waals surface area contributed by atoms with Gasteiger partial charge in [-0.25, -0.2) is 4.79 Å². The molecule has 0 saturated heterocycles. The first-order valence-corrected chi connectivity index (χ1v) is 5.66. The molecule has 0 amide bonds. The van der Waals surface area contributed by atoms with E-state index in [4.69, 9.17) is 4.74 Å². The molecule has 0 N–H and O–H groups in total. The number of aryl methyl sites for hydroxylation is 1. The van der Waals surface area contributed by atoms with Crippen molar-refractivity contribution in [1.29, 1.82) is 0 Å². The van der Waals surface area contributed by atoms with Gasteiger partial charge in [0.1, 0.15) is 6.10 Å². The minimum Gasteiger partial charge on any atom is -0.454 e. The number of esters is 1. The zero-order chi connectivity index (χ0) is 13.2. The first kappa shape index (κ1) is 13.5. The molecular formula is C13H20N2O2. The second-order valence-corrected chi connectivity index (χ2v) is 5.10. The summed E-state index contributed by atoms with van der Waals surface area (Å²) < 4.78 is 6.96. The second kappa shape index (κ2) is 4.73. The van der Waals surface area contributed by atoms with Crippen LogP contribution in [0.3, 0.4) is 0 Å². The van der Waals surface area contributed by atoms with E-state index in [0.29, 0.717) is 5.69 Å². The fourth-order valence-corrected chi connectivity index (χ4v) is 1.53. The van der Waals surface area contributed by atoms with E-state index in [1.807, 2.05) is 32.4 Å². The molecule has 0 aliphatic heterocycles. The van der Waals surface area contributed by atoms with Crippen LogP contribution in [0, 0.1) is 6.92 Å². The summed E-state index contributed by atoms with van der Waals surface area (Å²) in [4.78, 5) is 11.8. The van der Waals surface area contributed by atoms with Gasteiger partial charge in [0.15, 0.2) is 5.69 Å². The van der Waals surface area contributed by atoms with Crippen molar-refractivity contribution in [3.8, 4) is 0 Å². The number of aromatic nitrogens is 2. The zero-order valence-electron chi connectivity index (χ0n) is 11.2. The van der Waals surface area contributed by atoms with Gasteiger partial charge in [0.25, 0.3) is 0 Å². The SMILES string of the molecule is C=C[C@@H](C)OC(=O)c1cc(C)n(C(C)(C)C)n1. The van der Waals surface area contributed by atoms with Gasteiger partial charge in [-0.1, -0.05) is 12.7 Å². The molecular weight excluding hydrogens is 216 g/mol. The third-order valence-corrected chi connectivity index (χ3v) is 2.36. The predicted octanol–water partition coefficient (Wildman–Crippen LogP) is 2.68. The zero-order valence-corrected chi connectivity index (χ0v) is 11.2. The Morgan fingerprint density at radius 1 is 1.59 bits per heavy atom. The predicted molar refractivity (Wildman–Crippen MR) is 67.0 cm³/mol. The molecule has 94 valence electrons. The number of carbonyl (C=O) groups excluding carboxylic acids is 1. The van der Waals surface area contributed by atoms with E-state index in [9.17, 15) is 4.79 Å². The highest BCUT2D eigenvalue weighted by molar-refractivity contribution is 5.87. The lowest BCUT2D eigenvalue weighted by atomic mass is 10.1. The Kier molecular flexibility index (Phi) is 3.76. The van der Waals surface area contributed by atoms with Crippen LogP contribution in [0.5, 0.6) is 0 Å².